The maximum Gasteiger partial charge on any atom is 0.231 e. The van der Waals surface area contributed by atoms with Gasteiger partial charge in [-0.05, 0) is 39.8 Å². The molecule has 0 heterocycles. The van der Waals surface area contributed by atoms with Crippen molar-refractivity contribution >= 4 is 27.3 Å². The Morgan fingerprint density at radius 3 is 2.00 bits per heavy atom. The van der Waals surface area contributed by atoms with Gasteiger partial charge >= 0.3 is 0 Å². The number of benzene rings is 1. The summed E-state index contributed by atoms with van der Waals surface area (Å²) >= 11 is 0. The van der Waals surface area contributed by atoms with Gasteiger partial charge < -0.3 is 11.1 Å². The maximum atomic E-state index is 12.4. The third kappa shape index (κ3) is 4.44. The van der Waals surface area contributed by atoms with Crippen molar-refractivity contribution in [1.29, 1.82) is 0 Å². The van der Waals surface area contributed by atoms with E-state index in [1.807, 2.05) is 0 Å². The van der Waals surface area contributed by atoms with Crippen molar-refractivity contribution in [2.45, 2.75) is 33.2 Å². The average Bonchev–Trinajstić information content (AvgIpc) is 2.28. The van der Waals surface area contributed by atoms with Crippen molar-refractivity contribution in [2.75, 3.05) is 16.3 Å². The summed E-state index contributed by atoms with van der Waals surface area (Å²) < 4.78 is 25.1. The van der Waals surface area contributed by atoms with E-state index in [1.54, 1.807) is 52.0 Å². The van der Waals surface area contributed by atoms with Crippen LogP contribution < -0.4 is 15.8 Å². The number of nitrogens with two attached hydrogens (primary N) is 1. The number of carbonyl (C=O) groups is 1. The topological polar surface area (TPSA) is 101 Å². The SMILES string of the molecule is CC(C)(N)C(C)(C)C(=O)Nc1ccccc1NS(C)(=O)=O. The Morgan fingerprint density at radius 2 is 1.57 bits per heavy atom. The van der Waals surface area contributed by atoms with Gasteiger partial charge in [-0.1, -0.05) is 12.1 Å². The van der Waals surface area contributed by atoms with Gasteiger partial charge in [0, 0.05) is 5.54 Å². The van der Waals surface area contributed by atoms with Crippen LogP contribution in [0.15, 0.2) is 24.3 Å². The van der Waals surface area contributed by atoms with Crippen LogP contribution in [0.25, 0.3) is 0 Å². The molecule has 7 heteroatoms. The first-order valence-electron chi connectivity index (χ1n) is 6.52. The minimum absolute atomic E-state index is 0.280. The number of rotatable bonds is 5. The Labute approximate surface area is 126 Å². The standard InChI is InChI=1S/C14H23N3O3S/c1-13(2,14(3,4)15)12(18)16-10-8-6-7-9-11(10)17-21(5,19)20/h6-9,17H,15H2,1-5H3,(H,16,18). The molecule has 4 N–H and O–H groups in total. The summed E-state index contributed by atoms with van der Waals surface area (Å²) in [6.45, 7) is 7.03. The fraction of sp³-hybridized carbons (Fsp3) is 0.500. The van der Waals surface area contributed by atoms with Crippen LogP contribution in [0.1, 0.15) is 27.7 Å². The molecule has 1 aromatic rings. The smallest absolute Gasteiger partial charge is 0.231 e. The van der Waals surface area contributed by atoms with Crippen molar-refractivity contribution in [3.05, 3.63) is 24.3 Å². The molecule has 0 atom stereocenters. The number of sulfonamides is 1. The quantitative estimate of drug-likeness (QED) is 0.771. The second-order valence-electron chi connectivity index (χ2n) is 6.22. The van der Waals surface area contributed by atoms with Crippen LogP contribution in [0.3, 0.4) is 0 Å². The van der Waals surface area contributed by atoms with E-state index < -0.39 is 21.0 Å². The summed E-state index contributed by atoms with van der Waals surface area (Å²) in [4.78, 5) is 12.4. The van der Waals surface area contributed by atoms with Gasteiger partial charge in [0.05, 0.1) is 23.0 Å². The zero-order chi connectivity index (χ0) is 16.5. The predicted molar refractivity (Wildman–Crippen MR) is 85.6 cm³/mol. The monoisotopic (exact) mass is 313 g/mol. The second kappa shape index (κ2) is 5.65. The molecule has 1 aromatic carbocycles. The van der Waals surface area contributed by atoms with E-state index >= 15 is 0 Å². The molecule has 1 rings (SSSR count). The first-order valence-corrected chi connectivity index (χ1v) is 8.41. The van der Waals surface area contributed by atoms with E-state index in [0.717, 1.165) is 6.26 Å². The van der Waals surface area contributed by atoms with Gasteiger partial charge in [0.15, 0.2) is 0 Å². The van der Waals surface area contributed by atoms with Gasteiger partial charge in [0.25, 0.3) is 0 Å². The van der Waals surface area contributed by atoms with Gasteiger partial charge in [-0.15, -0.1) is 0 Å². The fourth-order valence-corrected chi connectivity index (χ4v) is 2.03. The second-order valence-corrected chi connectivity index (χ2v) is 7.97. The number of para-hydroxylation sites is 2. The number of anilines is 2. The van der Waals surface area contributed by atoms with Crippen molar-refractivity contribution in [3.8, 4) is 0 Å². The molecule has 0 radical (unpaired) electrons. The molecule has 0 aromatic heterocycles. The number of nitrogens with one attached hydrogen (secondary N) is 2. The molecule has 0 aliphatic carbocycles. The zero-order valence-electron chi connectivity index (χ0n) is 13.0. The Morgan fingerprint density at radius 1 is 1.10 bits per heavy atom. The van der Waals surface area contributed by atoms with E-state index in [9.17, 15) is 13.2 Å². The van der Waals surface area contributed by atoms with Crippen molar-refractivity contribution in [1.82, 2.24) is 0 Å². The van der Waals surface area contributed by atoms with Gasteiger partial charge in [-0.2, -0.15) is 0 Å². The Bertz CT molecular complexity index is 631. The normalized spacial score (nSPS) is 12.9. The lowest BCUT2D eigenvalue weighted by Crippen LogP contribution is -2.53. The van der Waals surface area contributed by atoms with E-state index in [0.29, 0.717) is 11.4 Å². The lowest BCUT2D eigenvalue weighted by atomic mass is 9.74. The first-order chi connectivity index (χ1) is 9.34. The van der Waals surface area contributed by atoms with E-state index in [-0.39, 0.29) is 5.91 Å². The summed E-state index contributed by atoms with van der Waals surface area (Å²) in [5.74, 6) is -0.280. The number of amides is 1. The molecule has 0 saturated carbocycles. The van der Waals surface area contributed by atoms with Crippen molar-refractivity contribution in [3.63, 3.8) is 0 Å². The molecule has 0 unspecified atom stereocenters. The fourth-order valence-electron chi connectivity index (χ4n) is 1.45. The highest BCUT2D eigenvalue weighted by Crippen LogP contribution is 2.31. The average molecular weight is 313 g/mol. The van der Waals surface area contributed by atoms with Gasteiger partial charge in [-0.3, -0.25) is 9.52 Å². The third-order valence-corrected chi connectivity index (χ3v) is 4.24. The molecular weight excluding hydrogens is 290 g/mol. The largest absolute Gasteiger partial charge is 0.325 e. The molecule has 0 saturated heterocycles. The Balaban J connectivity index is 3.07. The molecular formula is C14H23N3O3S. The van der Waals surface area contributed by atoms with Crippen LogP contribution >= 0.6 is 0 Å². The molecule has 0 aliphatic heterocycles. The number of hydrogen-bond acceptors (Lipinski definition) is 4. The molecule has 1 amide bonds. The molecule has 0 aliphatic rings. The predicted octanol–water partition coefficient (Wildman–Crippen LogP) is 1.76. The molecule has 21 heavy (non-hydrogen) atoms. The number of hydrogen-bond donors (Lipinski definition) is 3. The summed E-state index contributed by atoms with van der Waals surface area (Å²) in [6.07, 6.45) is 1.05. The molecule has 0 spiro atoms. The van der Waals surface area contributed by atoms with Crippen LogP contribution in [0.2, 0.25) is 0 Å². The lowest BCUT2D eigenvalue weighted by Gasteiger charge is -2.37. The summed E-state index contributed by atoms with van der Waals surface area (Å²) in [7, 11) is -3.43. The summed E-state index contributed by atoms with van der Waals surface area (Å²) in [5.41, 5.74) is 5.19. The van der Waals surface area contributed by atoms with Gasteiger partial charge in [0.1, 0.15) is 0 Å². The summed E-state index contributed by atoms with van der Waals surface area (Å²) in [5, 5.41) is 2.73. The summed E-state index contributed by atoms with van der Waals surface area (Å²) in [6, 6.07) is 6.60. The Kier molecular flexibility index (Phi) is 4.70. The molecule has 0 bridgehead atoms. The van der Waals surface area contributed by atoms with Crippen molar-refractivity contribution in [2.24, 2.45) is 11.1 Å². The molecule has 0 fully saturated rings. The van der Waals surface area contributed by atoms with E-state index in [2.05, 4.69) is 10.0 Å². The minimum atomic E-state index is -3.43. The van der Waals surface area contributed by atoms with Crippen LogP contribution in [-0.4, -0.2) is 26.1 Å². The molecule has 6 nitrogen and oxygen atoms in total. The number of carbonyl (C=O) groups excluding carboxylic acids is 1. The van der Waals surface area contributed by atoms with Crippen LogP contribution in [-0.2, 0) is 14.8 Å². The van der Waals surface area contributed by atoms with Crippen molar-refractivity contribution < 1.29 is 13.2 Å². The zero-order valence-corrected chi connectivity index (χ0v) is 13.8. The third-order valence-electron chi connectivity index (χ3n) is 3.65. The highest BCUT2D eigenvalue weighted by atomic mass is 32.2. The van der Waals surface area contributed by atoms with Gasteiger partial charge in [-0.25, -0.2) is 8.42 Å². The van der Waals surface area contributed by atoms with E-state index in [4.69, 9.17) is 5.73 Å². The maximum absolute atomic E-state index is 12.4. The van der Waals surface area contributed by atoms with Crippen LogP contribution in [0.4, 0.5) is 11.4 Å². The minimum Gasteiger partial charge on any atom is -0.325 e. The van der Waals surface area contributed by atoms with Crippen LogP contribution in [0, 0.1) is 5.41 Å². The highest BCUT2D eigenvalue weighted by molar-refractivity contribution is 7.92. The highest BCUT2D eigenvalue weighted by Gasteiger charge is 2.40. The lowest BCUT2D eigenvalue weighted by molar-refractivity contribution is -0.126. The van der Waals surface area contributed by atoms with Gasteiger partial charge in [0.2, 0.25) is 15.9 Å². The first kappa shape index (κ1) is 17.5. The molecule has 118 valence electrons. The van der Waals surface area contributed by atoms with E-state index in [1.165, 1.54) is 0 Å². The Hall–Kier alpha value is -1.60. The van der Waals surface area contributed by atoms with Crippen LogP contribution in [0.5, 0.6) is 0 Å².